The minimum absolute atomic E-state index is 0.0212. The lowest BCUT2D eigenvalue weighted by Gasteiger charge is -2.35. The molecule has 0 radical (unpaired) electrons. The first-order valence-electron chi connectivity index (χ1n) is 5.75. The van der Waals surface area contributed by atoms with Crippen molar-refractivity contribution in [2.75, 3.05) is 33.4 Å². The Kier molecular flexibility index (Phi) is 3.89. The van der Waals surface area contributed by atoms with Crippen molar-refractivity contribution < 1.29 is 14.3 Å². The summed E-state index contributed by atoms with van der Waals surface area (Å²) in [6, 6.07) is 9.20. The Labute approximate surface area is 101 Å². The lowest BCUT2D eigenvalue weighted by Crippen LogP contribution is -2.55. The highest BCUT2D eigenvalue weighted by molar-refractivity contribution is 6.02. The van der Waals surface area contributed by atoms with Gasteiger partial charge in [-0.3, -0.25) is 4.79 Å². The molecule has 1 aliphatic rings. The summed E-state index contributed by atoms with van der Waals surface area (Å²) in [6.07, 6.45) is 0. The standard InChI is InChI=1S/C13H17NO3/c1-14-9-13(10-16-7-8-17-13)12(15)11-5-3-2-4-6-11/h2-6,14H,7-10H2,1H3. The quantitative estimate of drug-likeness (QED) is 0.787. The third kappa shape index (κ3) is 2.54. The Morgan fingerprint density at radius 1 is 1.35 bits per heavy atom. The molecule has 0 amide bonds. The van der Waals surface area contributed by atoms with Crippen LogP contribution >= 0.6 is 0 Å². The van der Waals surface area contributed by atoms with Gasteiger partial charge in [-0.25, -0.2) is 0 Å². The summed E-state index contributed by atoms with van der Waals surface area (Å²) in [6.45, 7) is 1.77. The number of carbonyl (C=O) groups excluding carboxylic acids is 1. The fourth-order valence-electron chi connectivity index (χ4n) is 2.03. The van der Waals surface area contributed by atoms with E-state index in [1.54, 1.807) is 19.2 Å². The number of hydrogen-bond donors (Lipinski definition) is 1. The number of ether oxygens (including phenoxy) is 2. The molecule has 1 aromatic rings. The number of ketones is 1. The van der Waals surface area contributed by atoms with Crippen LogP contribution in [0.15, 0.2) is 30.3 Å². The molecule has 1 aromatic carbocycles. The van der Waals surface area contributed by atoms with Gasteiger partial charge in [-0.1, -0.05) is 30.3 Å². The van der Waals surface area contributed by atoms with Crippen LogP contribution < -0.4 is 5.32 Å². The van der Waals surface area contributed by atoms with Gasteiger partial charge in [0.1, 0.15) is 0 Å². The molecule has 1 fully saturated rings. The van der Waals surface area contributed by atoms with Crippen molar-refractivity contribution >= 4 is 5.78 Å². The van der Waals surface area contributed by atoms with E-state index < -0.39 is 5.60 Å². The second-order valence-electron chi connectivity index (χ2n) is 4.12. The summed E-state index contributed by atoms with van der Waals surface area (Å²) in [7, 11) is 1.80. The fourth-order valence-corrected chi connectivity index (χ4v) is 2.03. The van der Waals surface area contributed by atoms with Crippen molar-refractivity contribution in [3.8, 4) is 0 Å². The van der Waals surface area contributed by atoms with E-state index in [-0.39, 0.29) is 5.78 Å². The SMILES string of the molecule is CNCC1(C(=O)c2ccccc2)COCCO1. The minimum Gasteiger partial charge on any atom is -0.376 e. The van der Waals surface area contributed by atoms with Gasteiger partial charge >= 0.3 is 0 Å². The maximum atomic E-state index is 12.5. The van der Waals surface area contributed by atoms with E-state index in [1.807, 2.05) is 18.2 Å². The predicted octanol–water partition coefficient (Wildman–Crippen LogP) is 0.874. The van der Waals surface area contributed by atoms with Gasteiger partial charge in [-0.15, -0.1) is 0 Å². The molecule has 0 aromatic heterocycles. The molecule has 0 saturated carbocycles. The van der Waals surface area contributed by atoms with Crippen molar-refractivity contribution in [2.24, 2.45) is 0 Å². The van der Waals surface area contributed by atoms with Gasteiger partial charge in [0, 0.05) is 12.1 Å². The average molecular weight is 235 g/mol. The maximum Gasteiger partial charge on any atom is 0.198 e. The number of likely N-dealkylation sites (N-methyl/N-ethyl adjacent to an activating group) is 1. The van der Waals surface area contributed by atoms with Crippen LogP contribution in [-0.2, 0) is 9.47 Å². The molecule has 1 N–H and O–H groups in total. The van der Waals surface area contributed by atoms with Gasteiger partial charge in [-0.05, 0) is 7.05 Å². The lowest BCUT2D eigenvalue weighted by atomic mass is 9.92. The molecule has 0 aliphatic carbocycles. The van der Waals surface area contributed by atoms with Crippen LogP contribution in [0.2, 0.25) is 0 Å². The smallest absolute Gasteiger partial charge is 0.198 e. The number of hydrogen-bond acceptors (Lipinski definition) is 4. The molecule has 92 valence electrons. The summed E-state index contributed by atoms with van der Waals surface area (Å²) < 4.78 is 11.1. The topological polar surface area (TPSA) is 47.6 Å². The van der Waals surface area contributed by atoms with Crippen molar-refractivity contribution in [3.63, 3.8) is 0 Å². The van der Waals surface area contributed by atoms with Crippen LogP contribution in [0, 0.1) is 0 Å². The zero-order valence-corrected chi connectivity index (χ0v) is 9.94. The molecule has 1 saturated heterocycles. The van der Waals surface area contributed by atoms with Crippen LogP contribution in [0.25, 0.3) is 0 Å². The first-order valence-corrected chi connectivity index (χ1v) is 5.75. The fraction of sp³-hybridized carbons (Fsp3) is 0.462. The minimum atomic E-state index is -0.881. The van der Waals surface area contributed by atoms with Crippen LogP contribution in [-0.4, -0.2) is 44.8 Å². The largest absolute Gasteiger partial charge is 0.376 e. The van der Waals surface area contributed by atoms with Gasteiger partial charge < -0.3 is 14.8 Å². The number of Topliss-reactive ketones (excluding diaryl/α,β-unsaturated/α-hetero) is 1. The Bertz CT molecular complexity index is 366. The summed E-state index contributed by atoms with van der Waals surface area (Å²) in [5.74, 6) is -0.0212. The Hall–Kier alpha value is -1.23. The molecule has 0 spiro atoms. The second-order valence-corrected chi connectivity index (χ2v) is 4.12. The second kappa shape index (κ2) is 5.40. The van der Waals surface area contributed by atoms with E-state index in [4.69, 9.17) is 9.47 Å². The molecule has 4 heteroatoms. The van der Waals surface area contributed by atoms with Crippen molar-refractivity contribution in [2.45, 2.75) is 5.60 Å². The van der Waals surface area contributed by atoms with Crippen LogP contribution in [0.1, 0.15) is 10.4 Å². The zero-order valence-electron chi connectivity index (χ0n) is 9.94. The molecule has 1 heterocycles. The van der Waals surface area contributed by atoms with Gasteiger partial charge in [0.05, 0.1) is 19.8 Å². The average Bonchev–Trinajstić information content (AvgIpc) is 2.40. The van der Waals surface area contributed by atoms with Crippen molar-refractivity contribution in [1.82, 2.24) is 5.32 Å². The van der Waals surface area contributed by atoms with Gasteiger partial charge in [0.2, 0.25) is 0 Å². The van der Waals surface area contributed by atoms with E-state index in [0.717, 1.165) is 0 Å². The van der Waals surface area contributed by atoms with E-state index in [0.29, 0.717) is 31.9 Å². The van der Waals surface area contributed by atoms with Crippen LogP contribution in [0.4, 0.5) is 0 Å². The Balaban J connectivity index is 2.24. The molecule has 1 atom stereocenters. The maximum absolute atomic E-state index is 12.5. The Morgan fingerprint density at radius 2 is 2.12 bits per heavy atom. The summed E-state index contributed by atoms with van der Waals surface area (Å²) in [5, 5.41) is 3.00. The third-order valence-corrected chi connectivity index (χ3v) is 2.85. The molecule has 2 rings (SSSR count). The monoisotopic (exact) mass is 235 g/mol. The first kappa shape index (κ1) is 12.2. The first-order chi connectivity index (χ1) is 8.28. The number of carbonyl (C=O) groups is 1. The molecule has 1 aliphatic heterocycles. The predicted molar refractivity (Wildman–Crippen MR) is 64.2 cm³/mol. The van der Waals surface area contributed by atoms with Gasteiger partial charge in [0.25, 0.3) is 0 Å². The lowest BCUT2D eigenvalue weighted by molar-refractivity contribution is -0.130. The van der Waals surface area contributed by atoms with Gasteiger partial charge in [-0.2, -0.15) is 0 Å². The summed E-state index contributed by atoms with van der Waals surface area (Å²) in [5.41, 5.74) is -0.220. The van der Waals surface area contributed by atoms with Crippen molar-refractivity contribution in [1.29, 1.82) is 0 Å². The molecule has 4 nitrogen and oxygen atoms in total. The van der Waals surface area contributed by atoms with Gasteiger partial charge in [0.15, 0.2) is 11.4 Å². The number of nitrogens with one attached hydrogen (secondary N) is 1. The summed E-state index contributed by atoms with van der Waals surface area (Å²) in [4.78, 5) is 12.5. The zero-order chi connectivity index (χ0) is 12.1. The van der Waals surface area contributed by atoms with Crippen LogP contribution in [0.3, 0.4) is 0 Å². The van der Waals surface area contributed by atoms with E-state index in [9.17, 15) is 4.79 Å². The molecule has 1 unspecified atom stereocenters. The molecular weight excluding hydrogens is 218 g/mol. The number of benzene rings is 1. The molecular formula is C13H17NO3. The molecule has 17 heavy (non-hydrogen) atoms. The molecule has 0 bridgehead atoms. The van der Waals surface area contributed by atoms with Crippen molar-refractivity contribution in [3.05, 3.63) is 35.9 Å². The highest BCUT2D eigenvalue weighted by atomic mass is 16.6. The summed E-state index contributed by atoms with van der Waals surface area (Å²) >= 11 is 0. The normalized spacial score (nSPS) is 24.5. The highest BCUT2D eigenvalue weighted by Gasteiger charge is 2.41. The Morgan fingerprint density at radius 3 is 2.71 bits per heavy atom. The number of rotatable bonds is 4. The third-order valence-electron chi connectivity index (χ3n) is 2.85. The van der Waals surface area contributed by atoms with E-state index >= 15 is 0 Å². The highest BCUT2D eigenvalue weighted by Crippen LogP contribution is 2.21. The van der Waals surface area contributed by atoms with E-state index in [1.165, 1.54) is 0 Å². The van der Waals surface area contributed by atoms with E-state index in [2.05, 4.69) is 5.32 Å². The van der Waals surface area contributed by atoms with Crippen LogP contribution in [0.5, 0.6) is 0 Å².